The SMILES string of the molecule is COc1ccc(C2CCN(C(=O)Nc3cccc(C)c3)C2)cc1. The molecule has 2 aromatic rings. The smallest absolute Gasteiger partial charge is 0.321 e. The van der Waals surface area contributed by atoms with Crippen molar-refractivity contribution in [3.8, 4) is 5.75 Å². The highest BCUT2D eigenvalue weighted by molar-refractivity contribution is 5.89. The summed E-state index contributed by atoms with van der Waals surface area (Å²) in [5.74, 6) is 1.25. The van der Waals surface area contributed by atoms with Gasteiger partial charge in [0.1, 0.15) is 5.75 Å². The van der Waals surface area contributed by atoms with E-state index in [2.05, 4.69) is 17.4 Å². The second kappa shape index (κ2) is 6.73. The second-order valence-electron chi connectivity index (χ2n) is 6.00. The Bertz CT molecular complexity index is 682. The number of ether oxygens (including phenoxy) is 1. The Hall–Kier alpha value is -2.49. The molecule has 120 valence electrons. The van der Waals surface area contributed by atoms with Crippen molar-refractivity contribution < 1.29 is 9.53 Å². The summed E-state index contributed by atoms with van der Waals surface area (Å²) in [5, 5.41) is 2.98. The van der Waals surface area contributed by atoms with E-state index in [1.54, 1.807) is 7.11 Å². The maximum Gasteiger partial charge on any atom is 0.321 e. The highest BCUT2D eigenvalue weighted by Gasteiger charge is 2.27. The minimum absolute atomic E-state index is 0.0217. The van der Waals surface area contributed by atoms with E-state index in [0.29, 0.717) is 5.92 Å². The van der Waals surface area contributed by atoms with Gasteiger partial charge in [-0.15, -0.1) is 0 Å². The van der Waals surface area contributed by atoms with Crippen molar-refractivity contribution in [2.75, 3.05) is 25.5 Å². The third kappa shape index (κ3) is 3.65. The van der Waals surface area contributed by atoms with Crippen LogP contribution in [0.25, 0.3) is 0 Å². The number of methoxy groups -OCH3 is 1. The second-order valence-corrected chi connectivity index (χ2v) is 6.00. The van der Waals surface area contributed by atoms with Gasteiger partial charge in [-0.25, -0.2) is 4.79 Å². The highest BCUT2D eigenvalue weighted by Crippen LogP contribution is 2.28. The average molecular weight is 310 g/mol. The summed E-state index contributed by atoms with van der Waals surface area (Å²) in [6.07, 6.45) is 0.994. The van der Waals surface area contributed by atoms with Crippen LogP contribution >= 0.6 is 0 Å². The lowest BCUT2D eigenvalue weighted by atomic mass is 9.98. The predicted octanol–water partition coefficient (Wildman–Crippen LogP) is 4.03. The molecule has 0 aromatic heterocycles. The zero-order chi connectivity index (χ0) is 16.2. The third-order valence-corrected chi connectivity index (χ3v) is 4.33. The van der Waals surface area contributed by atoms with Gasteiger partial charge in [-0.05, 0) is 48.7 Å². The molecule has 1 saturated heterocycles. The van der Waals surface area contributed by atoms with E-state index < -0.39 is 0 Å². The van der Waals surface area contributed by atoms with E-state index >= 15 is 0 Å². The van der Waals surface area contributed by atoms with Gasteiger partial charge < -0.3 is 15.0 Å². The molecule has 1 aliphatic heterocycles. The predicted molar refractivity (Wildman–Crippen MR) is 92.1 cm³/mol. The minimum Gasteiger partial charge on any atom is -0.497 e. The number of nitrogens with zero attached hydrogens (tertiary/aromatic N) is 1. The first-order chi connectivity index (χ1) is 11.2. The number of hydrogen-bond acceptors (Lipinski definition) is 2. The van der Waals surface area contributed by atoms with Gasteiger partial charge in [-0.3, -0.25) is 0 Å². The maximum absolute atomic E-state index is 12.4. The molecule has 1 N–H and O–H groups in total. The molecule has 0 aliphatic carbocycles. The standard InChI is InChI=1S/C19H22N2O2/c1-14-4-3-5-17(12-14)20-19(22)21-11-10-16(13-21)15-6-8-18(23-2)9-7-15/h3-9,12,16H,10-11,13H2,1-2H3,(H,20,22). The Morgan fingerprint density at radius 2 is 2.00 bits per heavy atom. The molecule has 23 heavy (non-hydrogen) atoms. The summed E-state index contributed by atoms with van der Waals surface area (Å²) in [5.41, 5.74) is 3.25. The quantitative estimate of drug-likeness (QED) is 0.930. The van der Waals surface area contributed by atoms with Crippen LogP contribution in [0.2, 0.25) is 0 Å². The van der Waals surface area contributed by atoms with Crippen LogP contribution in [0.5, 0.6) is 5.75 Å². The number of aryl methyl sites for hydroxylation is 1. The van der Waals surface area contributed by atoms with Crippen LogP contribution in [-0.4, -0.2) is 31.1 Å². The summed E-state index contributed by atoms with van der Waals surface area (Å²) in [6, 6.07) is 16.0. The molecule has 1 aliphatic rings. The molecule has 4 nitrogen and oxygen atoms in total. The molecule has 0 bridgehead atoms. The number of urea groups is 1. The maximum atomic E-state index is 12.4. The molecule has 1 heterocycles. The fraction of sp³-hybridized carbons (Fsp3) is 0.316. The van der Waals surface area contributed by atoms with E-state index in [4.69, 9.17) is 4.74 Å². The molecule has 1 atom stereocenters. The van der Waals surface area contributed by atoms with Gasteiger partial charge in [0.2, 0.25) is 0 Å². The van der Waals surface area contributed by atoms with Gasteiger partial charge in [0.25, 0.3) is 0 Å². The first-order valence-corrected chi connectivity index (χ1v) is 7.92. The Balaban J connectivity index is 1.61. The lowest BCUT2D eigenvalue weighted by Crippen LogP contribution is -2.32. The molecule has 1 unspecified atom stereocenters. The van der Waals surface area contributed by atoms with Crippen LogP contribution in [0, 0.1) is 6.92 Å². The van der Waals surface area contributed by atoms with Crippen molar-refractivity contribution in [3.63, 3.8) is 0 Å². The van der Waals surface area contributed by atoms with Gasteiger partial charge >= 0.3 is 6.03 Å². The van der Waals surface area contributed by atoms with Crippen molar-refractivity contribution in [3.05, 3.63) is 59.7 Å². The first-order valence-electron chi connectivity index (χ1n) is 7.92. The Kier molecular flexibility index (Phi) is 4.51. The number of amides is 2. The summed E-state index contributed by atoms with van der Waals surface area (Å²) in [4.78, 5) is 14.3. The third-order valence-electron chi connectivity index (χ3n) is 4.33. The van der Waals surface area contributed by atoms with Crippen LogP contribution in [0.1, 0.15) is 23.5 Å². The lowest BCUT2D eigenvalue weighted by molar-refractivity contribution is 0.222. The fourth-order valence-corrected chi connectivity index (χ4v) is 3.02. The number of likely N-dealkylation sites (tertiary alicyclic amines) is 1. The van der Waals surface area contributed by atoms with Gasteiger partial charge in [0, 0.05) is 24.7 Å². The summed E-state index contributed by atoms with van der Waals surface area (Å²) < 4.78 is 5.19. The van der Waals surface area contributed by atoms with Crippen LogP contribution in [0.4, 0.5) is 10.5 Å². The molecule has 0 saturated carbocycles. The Labute approximate surface area is 137 Å². The van der Waals surface area contributed by atoms with Crippen molar-refractivity contribution in [1.82, 2.24) is 4.90 Å². The molecule has 3 rings (SSSR count). The van der Waals surface area contributed by atoms with Crippen molar-refractivity contribution in [1.29, 1.82) is 0 Å². The Morgan fingerprint density at radius 1 is 1.22 bits per heavy atom. The molecule has 0 radical (unpaired) electrons. The molecule has 1 fully saturated rings. The number of nitrogens with one attached hydrogen (secondary N) is 1. The zero-order valence-electron chi connectivity index (χ0n) is 13.6. The van der Waals surface area contributed by atoms with E-state index in [-0.39, 0.29) is 6.03 Å². The molecule has 4 heteroatoms. The summed E-state index contributed by atoms with van der Waals surface area (Å²) in [6.45, 7) is 3.56. The zero-order valence-corrected chi connectivity index (χ0v) is 13.6. The number of rotatable bonds is 3. The summed E-state index contributed by atoms with van der Waals surface area (Å²) in [7, 11) is 1.67. The van der Waals surface area contributed by atoms with Gasteiger partial charge in [0.15, 0.2) is 0 Å². The van der Waals surface area contributed by atoms with Crippen molar-refractivity contribution in [2.45, 2.75) is 19.3 Å². The minimum atomic E-state index is -0.0217. The molecule has 2 amide bonds. The monoisotopic (exact) mass is 310 g/mol. The molecular formula is C19H22N2O2. The van der Waals surface area contributed by atoms with E-state index in [1.165, 1.54) is 5.56 Å². The highest BCUT2D eigenvalue weighted by atomic mass is 16.5. The van der Waals surface area contributed by atoms with Crippen LogP contribution in [0.15, 0.2) is 48.5 Å². The van der Waals surface area contributed by atoms with E-state index in [1.807, 2.05) is 48.2 Å². The number of benzene rings is 2. The van der Waals surface area contributed by atoms with Crippen LogP contribution in [-0.2, 0) is 0 Å². The number of carbonyl (C=O) groups excluding carboxylic acids is 1. The normalized spacial score (nSPS) is 17.1. The Morgan fingerprint density at radius 3 is 2.70 bits per heavy atom. The average Bonchev–Trinajstić information content (AvgIpc) is 3.05. The van der Waals surface area contributed by atoms with Crippen molar-refractivity contribution in [2.24, 2.45) is 0 Å². The first kappa shape index (κ1) is 15.4. The van der Waals surface area contributed by atoms with Gasteiger partial charge in [-0.1, -0.05) is 24.3 Å². The lowest BCUT2D eigenvalue weighted by Gasteiger charge is -2.18. The van der Waals surface area contributed by atoms with Crippen LogP contribution < -0.4 is 10.1 Å². The number of hydrogen-bond donors (Lipinski definition) is 1. The number of carbonyl (C=O) groups is 1. The summed E-state index contributed by atoms with van der Waals surface area (Å²) >= 11 is 0. The van der Waals surface area contributed by atoms with Gasteiger partial charge in [-0.2, -0.15) is 0 Å². The molecule has 0 spiro atoms. The largest absolute Gasteiger partial charge is 0.497 e. The van der Waals surface area contributed by atoms with E-state index in [0.717, 1.165) is 36.5 Å². The van der Waals surface area contributed by atoms with E-state index in [9.17, 15) is 4.79 Å². The topological polar surface area (TPSA) is 41.6 Å². The van der Waals surface area contributed by atoms with Crippen LogP contribution in [0.3, 0.4) is 0 Å². The fourth-order valence-electron chi connectivity index (χ4n) is 3.02. The molecular weight excluding hydrogens is 288 g/mol. The van der Waals surface area contributed by atoms with Crippen molar-refractivity contribution >= 4 is 11.7 Å². The number of anilines is 1. The van der Waals surface area contributed by atoms with Gasteiger partial charge in [0.05, 0.1) is 7.11 Å². The molecule has 2 aromatic carbocycles.